The molecule has 1 unspecified atom stereocenters. The van der Waals surface area contributed by atoms with Crippen LogP contribution in [0, 0.1) is 24.6 Å². The van der Waals surface area contributed by atoms with Crippen LogP contribution in [-0.2, 0) is 14.4 Å². The second-order valence-corrected chi connectivity index (χ2v) is 8.83. The van der Waals surface area contributed by atoms with Crippen LogP contribution in [0.25, 0.3) is 0 Å². The molecule has 3 rings (SSSR count). The lowest BCUT2D eigenvalue weighted by Gasteiger charge is -2.23. The average molecular weight is 478 g/mol. The fraction of sp³-hybridized carbons (Fsp3) is 0.591. The van der Waals surface area contributed by atoms with E-state index in [0.717, 1.165) is 25.7 Å². The number of amides is 3. The number of carbonyl (C=O) groups is 3. The van der Waals surface area contributed by atoms with E-state index in [-0.39, 0.29) is 36.3 Å². The van der Waals surface area contributed by atoms with E-state index >= 15 is 4.39 Å². The molecule has 1 fully saturated rings. The van der Waals surface area contributed by atoms with Crippen LogP contribution in [0.15, 0.2) is 12.2 Å². The quantitative estimate of drug-likeness (QED) is 0.172. The van der Waals surface area contributed by atoms with Crippen LogP contribution < -0.4 is 16.2 Å². The van der Waals surface area contributed by atoms with Crippen LogP contribution in [0.3, 0.4) is 0 Å². The van der Waals surface area contributed by atoms with Crippen LogP contribution >= 0.6 is 0 Å². The molecule has 0 radical (unpaired) electrons. The maximum atomic E-state index is 15.1. The van der Waals surface area contributed by atoms with E-state index in [1.807, 2.05) is 12.2 Å². The van der Waals surface area contributed by atoms with Gasteiger partial charge in [0.1, 0.15) is 11.9 Å². The number of anilines is 2. The van der Waals surface area contributed by atoms with Crippen LogP contribution in [-0.4, -0.2) is 69.5 Å². The predicted octanol–water partition coefficient (Wildman–Crippen LogP) is 1.61. The minimum atomic E-state index is -0.849. The Labute approximate surface area is 197 Å². The van der Waals surface area contributed by atoms with Crippen LogP contribution in [0.5, 0.6) is 0 Å². The Bertz CT molecular complexity index is 923. The van der Waals surface area contributed by atoms with Gasteiger partial charge in [-0.05, 0) is 25.7 Å². The van der Waals surface area contributed by atoms with Gasteiger partial charge in [-0.3, -0.25) is 30.4 Å². The second kappa shape index (κ2) is 11.7. The number of likely N-dealkylation sites (N-methyl/N-ethyl adjacent to an activating group) is 1. The van der Waals surface area contributed by atoms with Gasteiger partial charge >= 0.3 is 0 Å². The minimum absolute atomic E-state index is 0.156. The van der Waals surface area contributed by atoms with Crippen LogP contribution in [0.1, 0.15) is 44.3 Å². The number of hydroxylamine groups is 2. The third kappa shape index (κ3) is 6.62. The van der Waals surface area contributed by atoms with Crippen molar-refractivity contribution < 1.29 is 24.0 Å². The third-order valence-electron chi connectivity index (χ3n) is 6.16. The molecule has 34 heavy (non-hydrogen) atoms. The molecule has 11 nitrogen and oxygen atoms in total. The molecule has 3 amide bonds. The van der Waals surface area contributed by atoms with Crippen molar-refractivity contribution in [1.82, 2.24) is 25.4 Å². The highest BCUT2D eigenvalue weighted by Crippen LogP contribution is 2.30. The van der Waals surface area contributed by atoms with E-state index in [1.165, 1.54) is 4.90 Å². The van der Waals surface area contributed by atoms with E-state index in [9.17, 15) is 19.6 Å². The standard InChI is InChI=1S/C22H32FN7O4/c1-14-24-19(26-17-9-5-6-10-29(2)22(17)33)18(23)20(25-14)27-28-21(32)16(12-30(34)13-31)11-15-7-3-4-8-15/h5-6,13,15-17,34H,3-4,7-12H2,1-2H3,(H,28,32)(H2,24,25,26,27)/t16-,17?/m1/s1. The Hall–Kier alpha value is -3.28. The van der Waals surface area contributed by atoms with E-state index in [0.29, 0.717) is 30.4 Å². The summed E-state index contributed by atoms with van der Waals surface area (Å²) >= 11 is 0. The predicted molar refractivity (Wildman–Crippen MR) is 122 cm³/mol. The van der Waals surface area contributed by atoms with Crippen LogP contribution in [0.4, 0.5) is 16.0 Å². The largest absolute Gasteiger partial charge is 0.356 e. The number of nitrogens with zero attached hydrogens (tertiary/aromatic N) is 4. The van der Waals surface area contributed by atoms with Crippen molar-refractivity contribution in [2.24, 2.45) is 11.8 Å². The summed E-state index contributed by atoms with van der Waals surface area (Å²) in [6.07, 6.45) is 8.99. The molecule has 1 aromatic heterocycles. The zero-order chi connectivity index (χ0) is 24.7. The van der Waals surface area contributed by atoms with Crippen LogP contribution in [0.2, 0.25) is 0 Å². The molecular formula is C22H32FN7O4. The zero-order valence-electron chi connectivity index (χ0n) is 19.5. The van der Waals surface area contributed by atoms with E-state index in [4.69, 9.17) is 0 Å². The van der Waals surface area contributed by atoms with E-state index in [1.54, 1.807) is 14.0 Å². The first-order chi connectivity index (χ1) is 16.3. The van der Waals surface area contributed by atoms with Crippen molar-refractivity contribution in [2.75, 3.05) is 30.9 Å². The summed E-state index contributed by atoms with van der Waals surface area (Å²) < 4.78 is 15.1. The Morgan fingerprint density at radius 1 is 1.32 bits per heavy atom. The van der Waals surface area contributed by atoms with Crippen molar-refractivity contribution >= 4 is 29.9 Å². The normalized spacial score (nSPS) is 19.5. The average Bonchev–Trinajstić information content (AvgIpc) is 3.28. The van der Waals surface area contributed by atoms with Gasteiger partial charge in [-0.15, -0.1) is 0 Å². The molecule has 1 aromatic rings. The summed E-state index contributed by atoms with van der Waals surface area (Å²) in [5, 5.41) is 12.9. The number of aromatic nitrogens is 2. The van der Waals surface area contributed by atoms with Gasteiger partial charge in [-0.1, -0.05) is 37.8 Å². The van der Waals surface area contributed by atoms with Gasteiger partial charge in [0.15, 0.2) is 11.6 Å². The second-order valence-electron chi connectivity index (χ2n) is 8.83. The number of hydrogen-bond acceptors (Lipinski definition) is 8. The summed E-state index contributed by atoms with van der Waals surface area (Å²) in [6.45, 7) is 1.87. The van der Waals surface area contributed by atoms with Gasteiger partial charge < -0.3 is 10.2 Å². The molecule has 12 heteroatoms. The van der Waals surface area contributed by atoms with Gasteiger partial charge in [0, 0.05) is 13.6 Å². The maximum Gasteiger partial charge on any atom is 0.245 e. The Morgan fingerprint density at radius 2 is 2.03 bits per heavy atom. The molecule has 0 saturated heterocycles. The Morgan fingerprint density at radius 3 is 2.74 bits per heavy atom. The summed E-state index contributed by atoms with van der Waals surface area (Å²) in [4.78, 5) is 45.8. The molecule has 0 bridgehead atoms. The fourth-order valence-corrected chi connectivity index (χ4v) is 4.35. The van der Waals surface area contributed by atoms with Gasteiger partial charge in [-0.25, -0.2) is 15.0 Å². The smallest absolute Gasteiger partial charge is 0.245 e. The first kappa shape index (κ1) is 25.3. The third-order valence-corrected chi connectivity index (χ3v) is 6.16. The van der Waals surface area contributed by atoms with Gasteiger partial charge in [0.25, 0.3) is 0 Å². The summed E-state index contributed by atoms with van der Waals surface area (Å²) in [7, 11) is 1.66. The number of nitrogens with one attached hydrogen (secondary N) is 3. The zero-order valence-corrected chi connectivity index (χ0v) is 19.5. The number of rotatable bonds is 10. The fourth-order valence-electron chi connectivity index (χ4n) is 4.35. The van der Waals surface area contributed by atoms with Crippen molar-refractivity contribution in [3.8, 4) is 0 Å². The number of aryl methyl sites for hydroxylation is 1. The molecule has 1 aliphatic carbocycles. The summed E-state index contributed by atoms with van der Waals surface area (Å²) in [5.41, 5.74) is 4.94. The van der Waals surface area contributed by atoms with E-state index < -0.39 is 23.7 Å². The summed E-state index contributed by atoms with van der Waals surface area (Å²) in [5.74, 6) is -2.07. The van der Waals surface area contributed by atoms with Gasteiger partial charge in [0.05, 0.1) is 12.5 Å². The lowest BCUT2D eigenvalue weighted by atomic mass is 9.92. The summed E-state index contributed by atoms with van der Waals surface area (Å²) in [6, 6.07) is -0.690. The van der Waals surface area contributed by atoms with Gasteiger partial charge in [0.2, 0.25) is 24.0 Å². The highest BCUT2D eigenvalue weighted by Gasteiger charge is 2.28. The minimum Gasteiger partial charge on any atom is -0.356 e. The van der Waals surface area contributed by atoms with Gasteiger partial charge in [-0.2, -0.15) is 4.39 Å². The number of hydrogen-bond donors (Lipinski definition) is 4. The Balaban J connectivity index is 1.69. The molecule has 2 atom stereocenters. The highest BCUT2D eigenvalue weighted by atomic mass is 19.1. The lowest BCUT2D eigenvalue weighted by Crippen LogP contribution is -2.41. The van der Waals surface area contributed by atoms with Crippen molar-refractivity contribution in [3.63, 3.8) is 0 Å². The lowest BCUT2D eigenvalue weighted by molar-refractivity contribution is -0.154. The van der Waals surface area contributed by atoms with Crippen molar-refractivity contribution in [2.45, 2.75) is 51.5 Å². The highest BCUT2D eigenvalue weighted by molar-refractivity contribution is 5.85. The monoisotopic (exact) mass is 477 g/mol. The van der Waals surface area contributed by atoms with E-state index in [2.05, 4.69) is 26.1 Å². The molecule has 2 aliphatic rings. The number of carbonyl (C=O) groups excluding carboxylic acids is 3. The topological polar surface area (TPSA) is 140 Å². The molecule has 2 heterocycles. The Kier molecular flexibility index (Phi) is 8.74. The molecule has 0 spiro atoms. The molecule has 186 valence electrons. The van der Waals surface area contributed by atoms with Crippen molar-refractivity contribution in [3.05, 3.63) is 23.8 Å². The molecular weight excluding hydrogens is 445 g/mol. The first-order valence-electron chi connectivity index (χ1n) is 11.5. The molecule has 1 saturated carbocycles. The van der Waals surface area contributed by atoms with Crippen molar-refractivity contribution in [1.29, 1.82) is 0 Å². The first-order valence-corrected chi connectivity index (χ1v) is 11.5. The maximum absolute atomic E-state index is 15.1. The molecule has 0 aromatic carbocycles. The SMILES string of the molecule is Cc1nc(NNC(=O)[C@H](CC2CCCC2)CN(O)C=O)c(F)c(NC2CC=CCN(C)C2=O)n1. The molecule has 1 aliphatic heterocycles. The molecule has 4 N–H and O–H groups in total. The number of hydrazine groups is 1. The number of halogens is 1.